The van der Waals surface area contributed by atoms with E-state index in [2.05, 4.69) is 38.7 Å². The fourth-order valence-corrected chi connectivity index (χ4v) is 10.6. The molecular formula is C55H82N10O9. The number of rotatable bonds is 18. The maximum atomic E-state index is 14.7. The molecule has 0 bridgehead atoms. The molecule has 9 atom stereocenters. The molecule has 19 nitrogen and oxygen atoms in total. The monoisotopic (exact) mass is 1030 g/mol. The molecule has 0 saturated carbocycles. The van der Waals surface area contributed by atoms with Crippen molar-refractivity contribution < 1.29 is 43.1 Å². The van der Waals surface area contributed by atoms with Crippen LogP contribution in [0.5, 0.6) is 0 Å². The maximum absolute atomic E-state index is 14.7. The van der Waals surface area contributed by atoms with Crippen LogP contribution in [0.15, 0.2) is 48.5 Å². The van der Waals surface area contributed by atoms with E-state index in [1.165, 1.54) is 29.3 Å². The first kappa shape index (κ1) is 57.2. The lowest BCUT2D eigenvalue weighted by Gasteiger charge is -2.37. The van der Waals surface area contributed by atoms with E-state index in [-0.39, 0.29) is 99.4 Å². The highest BCUT2D eigenvalue weighted by Crippen LogP contribution is 2.33. The summed E-state index contributed by atoms with van der Waals surface area (Å²) < 4.78 is 5.46. The van der Waals surface area contributed by atoms with Crippen molar-refractivity contribution in [3.8, 4) is 0 Å². The van der Waals surface area contributed by atoms with Crippen LogP contribution < -0.4 is 38.1 Å². The number of aryl methyl sites for hydroxylation is 2. The number of carbonyl (C=O) groups is 8. The fraction of sp³-hybridized carbons (Fsp3) is 0.636. The van der Waals surface area contributed by atoms with Gasteiger partial charge in [0.25, 0.3) is 0 Å². The minimum absolute atomic E-state index is 0.00123. The lowest BCUT2D eigenvalue weighted by Crippen LogP contribution is -2.60. The van der Waals surface area contributed by atoms with Crippen LogP contribution >= 0.6 is 0 Å². The van der Waals surface area contributed by atoms with Gasteiger partial charge >= 0.3 is 6.09 Å². The van der Waals surface area contributed by atoms with Crippen LogP contribution in [-0.4, -0.2) is 137 Å². The molecule has 74 heavy (non-hydrogen) atoms. The Bertz CT molecular complexity index is 2370. The van der Waals surface area contributed by atoms with E-state index in [0.29, 0.717) is 12.8 Å². The molecule has 4 aliphatic rings. The van der Waals surface area contributed by atoms with E-state index in [1.807, 2.05) is 36.4 Å². The Hall–Kier alpha value is -6.08. The van der Waals surface area contributed by atoms with Gasteiger partial charge in [0.2, 0.25) is 41.4 Å². The molecule has 2 aromatic rings. The van der Waals surface area contributed by atoms with Crippen molar-refractivity contribution in [2.45, 2.75) is 192 Å². The summed E-state index contributed by atoms with van der Waals surface area (Å²) in [6.07, 6.45) is 6.00. The molecule has 6 rings (SSSR count). The second-order valence-electron chi connectivity index (χ2n) is 22.8. The number of likely N-dealkylation sites (tertiary alicyclic amines) is 2. The number of nitrogens with two attached hydrogens (primary N) is 2. The Kier molecular flexibility index (Phi) is 19.3. The highest BCUT2D eigenvalue weighted by atomic mass is 16.6. The summed E-state index contributed by atoms with van der Waals surface area (Å²) in [4.78, 5) is 113. The standard InChI is InChI=1S/C55H82N10O9/c1-33(63(8)53(73)74-55(5,6)7)48(68)62-47(54(2,3)4)52(72)65-32-37(30-44(65)50(70)61-42-25-14-20-35-18-10-12-22-39(35)42)59-46(67)27-15-26-45(66)58-28-16-23-40(57)51(71)64-31-36(56)29-43(64)49(69)60-41-24-13-19-34-17-9-11-21-38(34)41/h9-12,17-18,21-22,33,36-37,40-44,47H,13-16,19-20,23-32,56-57H2,1-8H3,(H,58,66)(H,59,67)(H,60,69)(H,61,70)(H,62,68)/t33-,36-,37-,40-,41+,42+,43-,44-,47+/m0/s1. The molecule has 2 heterocycles. The highest BCUT2D eigenvalue weighted by Gasteiger charge is 2.47. The molecule has 2 saturated heterocycles. The lowest BCUT2D eigenvalue weighted by atomic mass is 9.85. The van der Waals surface area contributed by atoms with Gasteiger partial charge in [0.1, 0.15) is 29.8 Å². The Morgan fingerprint density at radius 1 is 0.730 bits per heavy atom. The fourth-order valence-electron chi connectivity index (χ4n) is 10.6. The van der Waals surface area contributed by atoms with Gasteiger partial charge in [-0.15, -0.1) is 0 Å². The first-order chi connectivity index (χ1) is 34.9. The molecule has 19 heteroatoms. The summed E-state index contributed by atoms with van der Waals surface area (Å²) in [6.45, 7) is 12.6. The van der Waals surface area contributed by atoms with Crippen LogP contribution in [-0.2, 0) is 51.1 Å². The van der Waals surface area contributed by atoms with Crippen LogP contribution in [0.4, 0.5) is 4.79 Å². The van der Waals surface area contributed by atoms with Crippen LogP contribution in [0, 0.1) is 5.41 Å². The zero-order valence-electron chi connectivity index (χ0n) is 44.8. The van der Waals surface area contributed by atoms with E-state index in [4.69, 9.17) is 16.2 Å². The van der Waals surface area contributed by atoms with Crippen LogP contribution in [0.3, 0.4) is 0 Å². The number of hydrogen-bond donors (Lipinski definition) is 7. The summed E-state index contributed by atoms with van der Waals surface area (Å²) in [7, 11) is 1.45. The average molecular weight is 1030 g/mol. The van der Waals surface area contributed by atoms with Gasteiger partial charge in [0, 0.05) is 51.6 Å². The smallest absolute Gasteiger partial charge is 0.410 e. The number of carbonyl (C=O) groups excluding carboxylic acids is 8. The minimum atomic E-state index is -1.11. The lowest BCUT2D eigenvalue weighted by molar-refractivity contribution is -0.144. The van der Waals surface area contributed by atoms with Crippen molar-refractivity contribution in [2.24, 2.45) is 16.9 Å². The molecular weight excluding hydrogens is 945 g/mol. The third-order valence-electron chi connectivity index (χ3n) is 14.7. The van der Waals surface area contributed by atoms with Crippen molar-refractivity contribution in [2.75, 3.05) is 26.7 Å². The summed E-state index contributed by atoms with van der Waals surface area (Å²) in [5.74, 6) is -2.67. The van der Waals surface area contributed by atoms with Gasteiger partial charge < -0.3 is 52.6 Å². The number of amides is 8. The Morgan fingerprint density at radius 2 is 1.27 bits per heavy atom. The molecule has 0 radical (unpaired) electrons. The molecule has 9 N–H and O–H groups in total. The number of benzene rings is 2. The van der Waals surface area contributed by atoms with Crippen molar-refractivity contribution in [3.05, 3.63) is 70.8 Å². The molecule has 2 fully saturated rings. The molecule has 2 aromatic carbocycles. The van der Waals surface area contributed by atoms with Crippen LogP contribution in [0.2, 0.25) is 0 Å². The molecule has 0 unspecified atom stereocenters. The SMILES string of the molecule is C[C@@H](C(=O)N[C@H](C(=O)N1C[C@@H](NC(=O)CCCC(=O)NCCC[C@H](N)C(=O)N2C[C@@H](N)C[C@H]2C(=O)N[C@@H]2CCCc3ccccc32)C[C@H]1C(=O)N[C@@H]1CCCc2ccccc21)C(C)(C)C)N(C)C(=O)OC(C)(C)C. The van der Waals surface area contributed by atoms with E-state index in [0.717, 1.165) is 60.1 Å². The van der Waals surface area contributed by atoms with Crippen molar-refractivity contribution in [3.63, 3.8) is 0 Å². The minimum Gasteiger partial charge on any atom is -0.444 e. The Morgan fingerprint density at radius 3 is 1.84 bits per heavy atom. The number of ether oxygens (including phenoxy) is 1. The normalized spacial score (nSPS) is 22.7. The summed E-state index contributed by atoms with van der Waals surface area (Å²) >= 11 is 0. The molecule has 2 aliphatic heterocycles. The van der Waals surface area contributed by atoms with Gasteiger partial charge in [0.05, 0.1) is 18.1 Å². The number of nitrogens with one attached hydrogen (secondary N) is 5. The third kappa shape index (κ3) is 15.0. The summed E-state index contributed by atoms with van der Waals surface area (Å²) in [5.41, 5.74) is 15.5. The van der Waals surface area contributed by atoms with Crippen LogP contribution in [0.25, 0.3) is 0 Å². The molecule has 406 valence electrons. The van der Waals surface area contributed by atoms with Gasteiger partial charge in [-0.2, -0.15) is 0 Å². The van der Waals surface area contributed by atoms with Crippen molar-refractivity contribution in [1.29, 1.82) is 0 Å². The van der Waals surface area contributed by atoms with Gasteiger partial charge in [-0.05, 0) is 126 Å². The van der Waals surface area contributed by atoms with Crippen LogP contribution in [0.1, 0.15) is 153 Å². The first-order valence-corrected chi connectivity index (χ1v) is 26.6. The zero-order chi connectivity index (χ0) is 54.1. The summed E-state index contributed by atoms with van der Waals surface area (Å²) in [5, 5.41) is 15.0. The van der Waals surface area contributed by atoms with Gasteiger partial charge in [-0.25, -0.2) is 4.79 Å². The highest BCUT2D eigenvalue weighted by molar-refractivity contribution is 5.95. The molecule has 8 amide bonds. The second kappa shape index (κ2) is 25.0. The largest absolute Gasteiger partial charge is 0.444 e. The van der Waals surface area contributed by atoms with Crippen molar-refractivity contribution >= 4 is 47.4 Å². The molecule has 2 aliphatic carbocycles. The van der Waals surface area contributed by atoms with E-state index in [9.17, 15) is 38.4 Å². The average Bonchev–Trinajstić information content (AvgIpc) is 3.96. The van der Waals surface area contributed by atoms with Gasteiger partial charge in [-0.3, -0.25) is 38.5 Å². The maximum Gasteiger partial charge on any atom is 0.410 e. The predicted molar refractivity (Wildman–Crippen MR) is 280 cm³/mol. The zero-order valence-corrected chi connectivity index (χ0v) is 44.8. The number of nitrogens with zero attached hydrogens (tertiary/aromatic N) is 3. The van der Waals surface area contributed by atoms with E-state index < -0.39 is 65.2 Å². The van der Waals surface area contributed by atoms with Gasteiger partial charge in [0.15, 0.2) is 0 Å². The summed E-state index contributed by atoms with van der Waals surface area (Å²) in [6, 6.07) is 10.0. The number of likely N-dealkylation sites (N-methyl/N-ethyl adjacent to an activating group) is 1. The van der Waals surface area contributed by atoms with E-state index >= 15 is 0 Å². The molecule has 0 aromatic heterocycles. The first-order valence-electron chi connectivity index (χ1n) is 26.6. The predicted octanol–water partition coefficient (Wildman–Crippen LogP) is 3.57. The topological polar surface area (TPSA) is 268 Å². The Balaban J connectivity index is 0.992. The number of fused-ring (bicyclic) bond motifs is 2. The second-order valence-corrected chi connectivity index (χ2v) is 22.8. The van der Waals surface area contributed by atoms with Crippen molar-refractivity contribution in [1.82, 2.24) is 41.3 Å². The number of hydrogen-bond acceptors (Lipinski definition) is 11. The van der Waals surface area contributed by atoms with Gasteiger partial charge in [-0.1, -0.05) is 69.3 Å². The molecule has 0 spiro atoms. The quantitative estimate of drug-likeness (QED) is 0.106. The van der Waals surface area contributed by atoms with E-state index in [1.54, 1.807) is 41.5 Å². The Labute approximate surface area is 436 Å². The third-order valence-corrected chi connectivity index (χ3v) is 14.7.